The number of amides is 1. The first kappa shape index (κ1) is 21.7. The molecule has 3 aromatic rings. The number of hydrazone groups is 1. The molecule has 5 nitrogen and oxygen atoms in total. The van der Waals surface area contributed by atoms with Crippen LogP contribution in [0, 0.1) is 6.92 Å². The normalized spacial score (nSPS) is 10.8. The van der Waals surface area contributed by atoms with E-state index < -0.39 is 5.91 Å². The molecule has 0 fully saturated rings. The number of carbonyl (C=O) groups is 1. The fourth-order valence-corrected chi connectivity index (χ4v) is 3.30. The van der Waals surface area contributed by atoms with Crippen LogP contribution in [0.3, 0.4) is 0 Å². The minimum atomic E-state index is -0.446. The van der Waals surface area contributed by atoms with E-state index in [1.807, 2.05) is 37.3 Å². The van der Waals surface area contributed by atoms with Gasteiger partial charge in [-0.1, -0.05) is 59.1 Å². The first-order chi connectivity index (χ1) is 14.5. The standard InChI is InChI=1S/C23H20Cl2N2O3/c1-15-5-3-6-16(11-15)14-30-22-17(7-4-8-21(22)29-2)13-26-27-23(28)19-10-9-18(24)12-20(19)25/h3-13H,14H2,1-2H3,(H,27,28)/b26-13+. The lowest BCUT2D eigenvalue weighted by atomic mass is 10.1. The van der Waals surface area contributed by atoms with Crippen molar-refractivity contribution in [2.45, 2.75) is 13.5 Å². The van der Waals surface area contributed by atoms with Crippen LogP contribution in [-0.4, -0.2) is 19.2 Å². The van der Waals surface area contributed by atoms with Crippen molar-refractivity contribution in [1.82, 2.24) is 5.43 Å². The van der Waals surface area contributed by atoms with Crippen LogP contribution in [-0.2, 0) is 6.61 Å². The molecule has 0 aliphatic rings. The summed E-state index contributed by atoms with van der Waals surface area (Å²) in [6.45, 7) is 2.40. The maximum absolute atomic E-state index is 12.3. The molecule has 0 aliphatic carbocycles. The Morgan fingerprint density at radius 2 is 1.90 bits per heavy atom. The molecule has 0 spiro atoms. The largest absolute Gasteiger partial charge is 0.493 e. The van der Waals surface area contributed by atoms with Crippen LogP contribution in [0.2, 0.25) is 10.0 Å². The van der Waals surface area contributed by atoms with Gasteiger partial charge in [-0.15, -0.1) is 0 Å². The average Bonchev–Trinajstić information content (AvgIpc) is 2.72. The van der Waals surface area contributed by atoms with Crippen molar-refractivity contribution in [2.75, 3.05) is 7.11 Å². The summed E-state index contributed by atoms with van der Waals surface area (Å²) in [5.74, 6) is 0.653. The van der Waals surface area contributed by atoms with Gasteiger partial charge in [0.2, 0.25) is 0 Å². The number of carbonyl (C=O) groups excluding carboxylic acids is 1. The van der Waals surface area contributed by atoms with E-state index in [2.05, 4.69) is 16.6 Å². The molecule has 1 N–H and O–H groups in total. The second-order valence-electron chi connectivity index (χ2n) is 6.48. The molecule has 3 aromatic carbocycles. The molecule has 0 aromatic heterocycles. The lowest BCUT2D eigenvalue weighted by molar-refractivity contribution is 0.0955. The second-order valence-corrected chi connectivity index (χ2v) is 7.32. The van der Waals surface area contributed by atoms with Crippen molar-refractivity contribution in [1.29, 1.82) is 0 Å². The Hall–Kier alpha value is -3.02. The van der Waals surface area contributed by atoms with E-state index in [1.54, 1.807) is 19.2 Å². The zero-order valence-electron chi connectivity index (χ0n) is 16.5. The van der Waals surface area contributed by atoms with Gasteiger partial charge in [0.05, 0.1) is 23.9 Å². The summed E-state index contributed by atoms with van der Waals surface area (Å²) in [7, 11) is 1.57. The summed E-state index contributed by atoms with van der Waals surface area (Å²) in [5.41, 5.74) is 5.59. The number of ether oxygens (including phenoxy) is 2. The van der Waals surface area contributed by atoms with Gasteiger partial charge < -0.3 is 9.47 Å². The molecule has 1 amide bonds. The molecule has 3 rings (SSSR count). The number of para-hydroxylation sites is 1. The number of aryl methyl sites for hydroxylation is 1. The molecule has 30 heavy (non-hydrogen) atoms. The lowest BCUT2D eigenvalue weighted by Crippen LogP contribution is -2.18. The maximum atomic E-state index is 12.3. The highest BCUT2D eigenvalue weighted by Crippen LogP contribution is 2.31. The predicted molar refractivity (Wildman–Crippen MR) is 120 cm³/mol. The first-order valence-electron chi connectivity index (χ1n) is 9.11. The molecular formula is C23H20Cl2N2O3. The van der Waals surface area contributed by atoms with Gasteiger partial charge in [-0.3, -0.25) is 4.79 Å². The minimum Gasteiger partial charge on any atom is -0.493 e. The summed E-state index contributed by atoms with van der Waals surface area (Å²) >= 11 is 11.9. The molecule has 0 radical (unpaired) electrons. The fraction of sp³-hybridized carbons (Fsp3) is 0.130. The lowest BCUT2D eigenvalue weighted by Gasteiger charge is -2.13. The van der Waals surface area contributed by atoms with Crippen LogP contribution < -0.4 is 14.9 Å². The van der Waals surface area contributed by atoms with E-state index in [-0.39, 0.29) is 10.6 Å². The molecule has 0 saturated heterocycles. The Balaban J connectivity index is 1.75. The van der Waals surface area contributed by atoms with Gasteiger partial charge in [0.25, 0.3) is 5.91 Å². The van der Waals surface area contributed by atoms with Gasteiger partial charge in [0, 0.05) is 10.6 Å². The van der Waals surface area contributed by atoms with Crippen LogP contribution in [0.15, 0.2) is 65.8 Å². The van der Waals surface area contributed by atoms with E-state index in [1.165, 1.54) is 18.3 Å². The summed E-state index contributed by atoms with van der Waals surface area (Å²) < 4.78 is 11.4. The maximum Gasteiger partial charge on any atom is 0.272 e. The average molecular weight is 443 g/mol. The molecule has 0 aliphatic heterocycles. The van der Waals surface area contributed by atoms with Crippen molar-refractivity contribution >= 4 is 35.3 Å². The molecule has 154 valence electrons. The molecule has 0 bridgehead atoms. The summed E-state index contributed by atoms with van der Waals surface area (Å²) in [4.78, 5) is 12.3. The third-order valence-corrected chi connectivity index (χ3v) is 4.79. The zero-order valence-corrected chi connectivity index (χ0v) is 18.0. The van der Waals surface area contributed by atoms with Crippen molar-refractivity contribution < 1.29 is 14.3 Å². The molecule has 7 heteroatoms. The Kier molecular flexibility index (Phi) is 7.33. The Morgan fingerprint density at radius 3 is 2.63 bits per heavy atom. The number of hydrogen-bond donors (Lipinski definition) is 1. The van der Waals surface area contributed by atoms with Crippen molar-refractivity contribution in [2.24, 2.45) is 5.10 Å². The third-order valence-electron chi connectivity index (χ3n) is 4.24. The van der Waals surface area contributed by atoms with E-state index >= 15 is 0 Å². The van der Waals surface area contributed by atoms with Gasteiger partial charge in [0.15, 0.2) is 11.5 Å². The Bertz CT molecular complexity index is 1080. The number of halogens is 2. The van der Waals surface area contributed by atoms with Crippen LogP contribution in [0.1, 0.15) is 27.0 Å². The Morgan fingerprint density at radius 1 is 1.10 bits per heavy atom. The summed E-state index contributed by atoms with van der Waals surface area (Å²) in [6, 6.07) is 18.1. The second kappa shape index (κ2) is 10.1. The third kappa shape index (κ3) is 5.53. The summed E-state index contributed by atoms with van der Waals surface area (Å²) in [6.07, 6.45) is 1.50. The van der Waals surface area contributed by atoms with E-state index in [0.29, 0.717) is 28.7 Å². The number of methoxy groups -OCH3 is 1. The smallest absolute Gasteiger partial charge is 0.272 e. The van der Waals surface area contributed by atoms with Crippen LogP contribution in [0.5, 0.6) is 11.5 Å². The number of nitrogens with one attached hydrogen (secondary N) is 1. The van der Waals surface area contributed by atoms with Gasteiger partial charge in [-0.25, -0.2) is 5.43 Å². The zero-order chi connectivity index (χ0) is 21.5. The van der Waals surface area contributed by atoms with Crippen LogP contribution in [0.25, 0.3) is 0 Å². The molecule has 0 heterocycles. The van der Waals surface area contributed by atoms with E-state index in [4.69, 9.17) is 32.7 Å². The highest BCUT2D eigenvalue weighted by Gasteiger charge is 2.12. The monoisotopic (exact) mass is 442 g/mol. The van der Waals surface area contributed by atoms with Gasteiger partial charge in [-0.2, -0.15) is 5.10 Å². The highest BCUT2D eigenvalue weighted by atomic mass is 35.5. The van der Waals surface area contributed by atoms with Crippen molar-refractivity contribution in [3.05, 3.63) is 93.0 Å². The highest BCUT2D eigenvalue weighted by molar-refractivity contribution is 6.36. The quantitative estimate of drug-likeness (QED) is 0.379. The topological polar surface area (TPSA) is 59.9 Å². The molecular weight excluding hydrogens is 423 g/mol. The molecule has 0 saturated carbocycles. The number of benzene rings is 3. The Labute approximate surface area is 185 Å². The fourth-order valence-electron chi connectivity index (χ4n) is 2.80. The van der Waals surface area contributed by atoms with Gasteiger partial charge >= 0.3 is 0 Å². The summed E-state index contributed by atoms with van der Waals surface area (Å²) in [5, 5.41) is 4.73. The van der Waals surface area contributed by atoms with Crippen molar-refractivity contribution in [3.8, 4) is 11.5 Å². The SMILES string of the molecule is COc1cccc(/C=N/NC(=O)c2ccc(Cl)cc2Cl)c1OCc1cccc(C)c1. The molecule has 0 atom stereocenters. The predicted octanol–water partition coefficient (Wildman–Crippen LogP) is 5.65. The van der Waals surface area contributed by atoms with Gasteiger partial charge in [0.1, 0.15) is 6.61 Å². The number of nitrogens with zero attached hydrogens (tertiary/aromatic N) is 1. The van der Waals surface area contributed by atoms with E-state index in [0.717, 1.165) is 11.1 Å². The van der Waals surface area contributed by atoms with Crippen LogP contribution >= 0.6 is 23.2 Å². The van der Waals surface area contributed by atoms with Crippen LogP contribution in [0.4, 0.5) is 0 Å². The van der Waals surface area contributed by atoms with E-state index in [9.17, 15) is 4.79 Å². The first-order valence-corrected chi connectivity index (χ1v) is 9.87. The van der Waals surface area contributed by atoms with Gasteiger partial charge in [-0.05, 0) is 42.8 Å². The number of rotatable bonds is 7. The molecule has 0 unspecified atom stereocenters. The minimum absolute atomic E-state index is 0.249. The number of hydrogen-bond acceptors (Lipinski definition) is 4. The van der Waals surface area contributed by atoms with Crippen molar-refractivity contribution in [3.63, 3.8) is 0 Å².